The molecule has 0 bridgehead atoms. The first-order chi connectivity index (χ1) is 7.47. The van der Waals surface area contributed by atoms with E-state index < -0.39 is 7.22 Å². The number of benzene rings is 1. The Kier molecular flexibility index (Phi) is 5.29. The average Bonchev–Trinajstić information content (AvgIpc) is 2.15. The second-order valence-electron chi connectivity index (χ2n) is 4.91. The number of aliphatic imine (C=N–C) groups is 1. The molecule has 0 N–H and O–H groups in total. The van der Waals surface area contributed by atoms with Crippen molar-refractivity contribution < 1.29 is 0 Å². The lowest BCUT2D eigenvalue weighted by Crippen LogP contribution is -2.15. The van der Waals surface area contributed by atoms with Crippen LogP contribution in [0.2, 0.25) is 19.6 Å². The summed E-state index contributed by atoms with van der Waals surface area (Å²) in [7, 11) is -0.953. The fourth-order valence-corrected chi connectivity index (χ4v) is 4.24. The third kappa shape index (κ3) is 6.13. The lowest BCUT2D eigenvalue weighted by Gasteiger charge is -2.13. The van der Waals surface area contributed by atoms with Gasteiger partial charge in [0.1, 0.15) is 7.22 Å². The monoisotopic (exact) mass is 251 g/mol. The van der Waals surface area contributed by atoms with Crippen LogP contribution in [0.1, 0.15) is 11.1 Å². The minimum Gasteiger partial charge on any atom is -0.292 e. The van der Waals surface area contributed by atoms with Crippen LogP contribution < -0.4 is 0 Å². The highest BCUT2D eigenvalue weighted by atomic mass is 32.4. The Balaban J connectivity index is 2.33. The van der Waals surface area contributed by atoms with Crippen LogP contribution in [-0.2, 0) is 0 Å². The van der Waals surface area contributed by atoms with Crippen LogP contribution in [0.15, 0.2) is 29.3 Å². The van der Waals surface area contributed by atoms with E-state index in [1.54, 1.807) is 0 Å². The molecule has 0 saturated heterocycles. The van der Waals surface area contributed by atoms with Gasteiger partial charge in [0, 0.05) is 18.5 Å². The molecule has 0 fully saturated rings. The largest absolute Gasteiger partial charge is 0.292 e. The van der Waals surface area contributed by atoms with Crippen molar-refractivity contribution in [1.29, 1.82) is 0 Å². The molecule has 0 aliphatic carbocycles. The van der Waals surface area contributed by atoms with Gasteiger partial charge in [-0.3, -0.25) is 4.99 Å². The molecular formula is C13H21NSSi. The van der Waals surface area contributed by atoms with Crippen molar-refractivity contribution >= 4 is 24.6 Å². The molecule has 0 atom stereocenters. The maximum atomic E-state index is 4.46. The predicted octanol–water partition coefficient (Wildman–Crippen LogP) is 3.98. The molecule has 0 saturated carbocycles. The van der Waals surface area contributed by atoms with Gasteiger partial charge in [-0.15, -0.1) is 0 Å². The lowest BCUT2D eigenvalue weighted by molar-refractivity contribution is 1.16. The van der Waals surface area contributed by atoms with E-state index in [9.17, 15) is 0 Å². The van der Waals surface area contributed by atoms with Crippen LogP contribution in [-0.4, -0.2) is 25.7 Å². The maximum absolute atomic E-state index is 4.46. The Morgan fingerprint density at radius 1 is 1.31 bits per heavy atom. The second kappa shape index (κ2) is 6.26. The normalized spacial score (nSPS) is 12.2. The van der Waals surface area contributed by atoms with Crippen LogP contribution >= 0.6 is 11.2 Å². The van der Waals surface area contributed by atoms with Crippen molar-refractivity contribution in [3.05, 3.63) is 35.4 Å². The zero-order valence-electron chi connectivity index (χ0n) is 10.7. The summed E-state index contributed by atoms with van der Waals surface area (Å²) >= 11 is 2.10. The molecule has 0 aliphatic heterocycles. The van der Waals surface area contributed by atoms with E-state index in [-0.39, 0.29) is 0 Å². The molecule has 16 heavy (non-hydrogen) atoms. The van der Waals surface area contributed by atoms with Crippen molar-refractivity contribution in [3.63, 3.8) is 0 Å². The topological polar surface area (TPSA) is 12.4 Å². The molecule has 0 radical (unpaired) electrons. The molecule has 1 nitrogen and oxygen atoms in total. The molecule has 0 amide bonds. The second-order valence-corrected chi connectivity index (χ2v) is 14.4. The van der Waals surface area contributed by atoms with Gasteiger partial charge in [-0.05, 0) is 12.5 Å². The van der Waals surface area contributed by atoms with Gasteiger partial charge >= 0.3 is 0 Å². The summed E-state index contributed by atoms with van der Waals surface area (Å²) in [5, 5.41) is 0. The van der Waals surface area contributed by atoms with Crippen LogP contribution in [0.4, 0.5) is 0 Å². The van der Waals surface area contributed by atoms with Gasteiger partial charge in [0.15, 0.2) is 0 Å². The molecule has 0 aromatic heterocycles. The minimum atomic E-state index is -0.953. The van der Waals surface area contributed by atoms with Gasteiger partial charge in [0.2, 0.25) is 0 Å². The van der Waals surface area contributed by atoms with Crippen molar-refractivity contribution in [1.82, 2.24) is 0 Å². The highest BCUT2D eigenvalue weighted by Gasteiger charge is 2.11. The molecule has 0 heterocycles. The molecule has 3 heteroatoms. The highest BCUT2D eigenvalue weighted by Crippen LogP contribution is 2.18. The Labute approximate surface area is 104 Å². The zero-order chi connectivity index (χ0) is 12.0. The molecular weight excluding hydrogens is 230 g/mol. The zero-order valence-corrected chi connectivity index (χ0v) is 12.5. The summed E-state index contributed by atoms with van der Waals surface area (Å²) in [6.45, 7) is 10.2. The van der Waals surface area contributed by atoms with Gasteiger partial charge in [-0.25, -0.2) is 0 Å². The molecule has 1 aromatic rings. The first-order valence-electron chi connectivity index (χ1n) is 5.68. The van der Waals surface area contributed by atoms with E-state index in [0.29, 0.717) is 0 Å². The first-order valence-corrected chi connectivity index (χ1v) is 10.9. The van der Waals surface area contributed by atoms with Gasteiger partial charge in [-0.1, -0.05) is 49.5 Å². The van der Waals surface area contributed by atoms with Crippen molar-refractivity contribution in [2.24, 2.45) is 4.99 Å². The molecule has 88 valence electrons. The van der Waals surface area contributed by atoms with Crippen LogP contribution in [0.5, 0.6) is 0 Å². The van der Waals surface area contributed by atoms with Gasteiger partial charge in [-0.2, -0.15) is 11.2 Å². The van der Waals surface area contributed by atoms with E-state index in [0.717, 1.165) is 12.3 Å². The number of nitrogens with zero attached hydrogens (tertiary/aromatic N) is 1. The van der Waals surface area contributed by atoms with E-state index in [1.807, 2.05) is 6.21 Å². The number of aryl methyl sites for hydroxylation is 1. The average molecular weight is 251 g/mol. The Bertz CT molecular complexity index is 355. The first kappa shape index (κ1) is 13.5. The van der Waals surface area contributed by atoms with E-state index in [4.69, 9.17) is 0 Å². The molecule has 0 spiro atoms. The molecule has 0 unspecified atom stereocenters. The minimum absolute atomic E-state index is 0.933. The highest BCUT2D eigenvalue weighted by molar-refractivity contribution is 8.28. The number of hydrogen-bond donors (Lipinski definition) is 0. The van der Waals surface area contributed by atoms with E-state index in [2.05, 4.69) is 67.0 Å². The third-order valence-electron chi connectivity index (χ3n) is 2.04. The fourth-order valence-electron chi connectivity index (χ4n) is 1.32. The summed E-state index contributed by atoms with van der Waals surface area (Å²) in [5.74, 6) is 1.15. The Morgan fingerprint density at radius 3 is 2.69 bits per heavy atom. The summed E-state index contributed by atoms with van der Waals surface area (Å²) < 4.78 is 0. The summed E-state index contributed by atoms with van der Waals surface area (Å²) in [6.07, 6.45) is 1.98. The summed E-state index contributed by atoms with van der Waals surface area (Å²) in [5.41, 5.74) is 2.50. The summed E-state index contributed by atoms with van der Waals surface area (Å²) in [6, 6.07) is 8.45. The van der Waals surface area contributed by atoms with Gasteiger partial charge < -0.3 is 0 Å². The lowest BCUT2D eigenvalue weighted by atomic mass is 10.2. The molecule has 1 rings (SSSR count). The number of rotatable bonds is 5. The van der Waals surface area contributed by atoms with Crippen LogP contribution in [0.3, 0.4) is 0 Å². The van der Waals surface area contributed by atoms with Gasteiger partial charge in [0.25, 0.3) is 0 Å². The van der Waals surface area contributed by atoms with E-state index in [1.165, 1.54) is 11.1 Å². The Morgan fingerprint density at radius 2 is 2.06 bits per heavy atom. The Hall–Kier alpha value is -0.543. The smallest absolute Gasteiger partial charge is 0.108 e. The standard InChI is InChI=1S/C13H21NSSi/c1-12-6-5-7-13(10-12)11-14-8-9-15-16(2,3)4/h5-7,10-11H,8-9H2,1-4H3. The fraction of sp³-hybridized carbons (Fsp3) is 0.462. The van der Waals surface area contributed by atoms with Crippen LogP contribution in [0, 0.1) is 6.92 Å². The quantitative estimate of drug-likeness (QED) is 0.438. The number of hydrogen-bond acceptors (Lipinski definition) is 2. The maximum Gasteiger partial charge on any atom is 0.108 e. The van der Waals surface area contributed by atoms with Crippen molar-refractivity contribution in [3.8, 4) is 0 Å². The SMILES string of the molecule is Cc1cccc(C=NCCS[Si](C)(C)C)c1. The molecule has 0 aliphatic rings. The molecule has 1 aromatic carbocycles. The van der Waals surface area contributed by atoms with Crippen molar-refractivity contribution in [2.45, 2.75) is 26.6 Å². The van der Waals surface area contributed by atoms with Crippen molar-refractivity contribution in [2.75, 3.05) is 12.3 Å². The van der Waals surface area contributed by atoms with Gasteiger partial charge in [0.05, 0.1) is 0 Å². The van der Waals surface area contributed by atoms with Crippen LogP contribution in [0.25, 0.3) is 0 Å². The van der Waals surface area contributed by atoms with E-state index >= 15 is 0 Å². The predicted molar refractivity (Wildman–Crippen MR) is 79.4 cm³/mol. The summed E-state index contributed by atoms with van der Waals surface area (Å²) in [4.78, 5) is 4.46. The third-order valence-corrected chi connectivity index (χ3v) is 6.50.